The highest BCUT2D eigenvalue weighted by molar-refractivity contribution is 5.82. The molecule has 0 aromatic rings. The minimum absolute atomic E-state index is 0.280. The van der Waals surface area contributed by atoms with Gasteiger partial charge in [0.2, 0.25) is 6.29 Å². The number of aliphatic hydroxyl groups is 6. The lowest BCUT2D eigenvalue weighted by atomic mass is 9.99. The SMILES string of the molecule is CC(C)=CCC/C(C)=C/C(=O)O[C@@H]1O[C@H](CO[C@@H]2OC[C@H](O)[C@H](O)[C@H]2O)[C@@H](O)[C@H](O)[C@H]1O. The van der Waals surface area contributed by atoms with E-state index in [2.05, 4.69) is 0 Å². The lowest BCUT2D eigenvalue weighted by Crippen LogP contribution is -2.60. The summed E-state index contributed by atoms with van der Waals surface area (Å²) in [5.74, 6) is -0.782. The van der Waals surface area contributed by atoms with Crippen LogP contribution >= 0.6 is 0 Å². The van der Waals surface area contributed by atoms with Gasteiger partial charge in [0.25, 0.3) is 0 Å². The zero-order valence-corrected chi connectivity index (χ0v) is 18.4. The van der Waals surface area contributed by atoms with E-state index in [1.165, 1.54) is 6.08 Å². The number of rotatable bonds is 8. The van der Waals surface area contributed by atoms with E-state index in [1.807, 2.05) is 19.9 Å². The Morgan fingerprint density at radius 1 is 0.938 bits per heavy atom. The number of hydrogen-bond acceptors (Lipinski definition) is 11. The van der Waals surface area contributed by atoms with Gasteiger partial charge >= 0.3 is 5.97 Å². The monoisotopic (exact) mass is 462 g/mol. The van der Waals surface area contributed by atoms with Crippen molar-refractivity contribution in [1.82, 2.24) is 0 Å². The van der Waals surface area contributed by atoms with E-state index in [1.54, 1.807) is 6.92 Å². The second-order valence-corrected chi connectivity index (χ2v) is 8.35. The lowest BCUT2D eigenvalue weighted by Gasteiger charge is -2.41. The van der Waals surface area contributed by atoms with Crippen molar-refractivity contribution >= 4 is 5.97 Å². The van der Waals surface area contributed by atoms with Gasteiger partial charge in [-0.2, -0.15) is 0 Å². The van der Waals surface area contributed by atoms with Crippen molar-refractivity contribution in [2.75, 3.05) is 13.2 Å². The molecule has 0 amide bonds. The maximum Gasteiger partial charge on any atom is 0.333 e. The number of ether oxygens (including phenoxy) is 4. The Bertz CT molecular complexity index is 675. The molecule has 2 rings (SSSR count). The Morgan fingerprint density at radius 3 is 2.25 bits per heavy atom. The van der Waals surface area contributed by atoms with Crippen LogP contribution in [-0.2, 0) is 23.7 Å². The van der Waals surface area contributed by atoms with E-state index in [-0.39, 0.29) is 6.61 Å². The van der Waals surface area contributed by atoms with Crippen LogP contribution < -0.4 is 0 Å². The standard InChI is InChI=1S/C21H34O11/c1-10(2)5-4-6-11(3)7-14(23)32-21-19(28)17(26)16(25)13(31-21)9-30-20-18(27)15(24)12(22)8-29-20/h5,7,12-13,15-22,24-28H,4,6,8-9H2,1-3H3/b11-7+/t12-,13+,15-,16+,17-,18+,19+,20-,21-/m0/s1. The largest absolute Gasteiger partial charge is 0.430 e. The van der Waals surface area contributed by atoms with Crippen molar-refractivity contribution in [2.45, 2.75) is 88.9 Å². The van der Waals surface area contributed by atoms with Crippen molar-refractivity contribution in [3.05, 3.63) is 23.3 Å². The van der Waals surface area contributed by atoms with Gasteiger partial charge in [0, 0.05) is 6.08 Å². The Kier molecular flexibility index (Phi) is 10.2. The van der Waals surface area contributed by atoms with Crippen LogP contribution in [0.3, 0.4) is 0 Å². The Morgan fingerprint density at radius 2 is 1.59 bits per heavy atom. The molecule has 11 heteroatoms. The molecule has 184 valence electrons. The summed E-state index contributed by atoms with van der Waals surface area (Å²) in [5, 5.41) is 59.5. The summed E-state index contributed by atoms with van der Waals surface area (Å²) < 4.78 is 20.9. The topological polar surface area (TPSA) is 175 Å². The highest BCUT2D eigenvalue weighted by Gasteiger charge is 2.46. The van der Waals surface area contributed by atoms with Crippen LogP contribution in [-0.4, -0.2) is 105 Å². The van der Waals surface area contributed by atoms with Gasteiger partial charge < -0.3 is 49.6 Å². The summed E-state index contributed by atoms with van der Waals surface area (Å²) in [6.45, 7) is 5.00. The van der Waals surface area contributed by atoms with Crippen molar-refractivity contribution < 1.29 is 54.4 Å². The number of carbonyl (C=O) groups excluding carboxylic acids is 1. The highest BCUT2D eigenvalue weighted by atomic mass is 16.7. The predicted molar refractivity (Wildman–Crippen MR) is 109 cm³/mol. The molecule has 0 saturated carbocycles. The molecular formula is C21H34O11. The number of allylic oxidation sites excluding steroid dienone is 3. The molecule has 0 radical (unpaired) electrons. The summed E-state index contributed by atoms with van der Waals surface area (Å²) in [6.07, 6.45) is -8.74. The van der Waals surface area contributed by atoms with Crippen LogP contribution in [0.1, 0.15) is 33.6 Å². The van der Waals surface area contributed by atoms with E-state index in [0.717, 1.165) is 17.6 Å². The molecule has 32 heavy (non-hydrogen) atoms. The van der Waals surface area contributed by atoms with Gasteiger partial charge in [-0.15, -0.1) is 0 Å². The van der Waals surface area contributed by atoms with Crippen molar-refractivity contribution in [1.29, 1.82) is 0 Å². The predicted octanol–water partition coefficient (Wildman–Crippen LogP) is -1.51. The third-order valence-electron chi connectivity index (χ3n) is 5.24. The molecule has 2 aliphatic rings. The fourth-order valence-corrected chi connectivity index (χ4v) is 3.28. The van der Waals surface area contributed by atoms with Gasteiger partial charge in [0.05, 0.1) is 13.2 Å². The third kappa shape index (κ3) is 7.30. The summed E-state index contributed by atoms with van der Waals surface area (Å²) in [7, 11) is 0. The smallest absolute Gasteiger partial charge is 0.333 e. The van der Waals surface area contributed by atoms with E-state index in [0.29, 0.717) is 6.42 Å². The summed E-state index contributed by atoms with van der Waals surface area (Å²) in [5.41, 5.74) is 1.92. The molecule has 0 unspecified atom stereocenters. The summed E-state index contributed by atoms with van der Waals surface area (Å²) >= 11 is 0. The van der Waals surface area contributed by atoms with Crippen molar-refractivity contribution in [2.24, 2.45) is 0 Å². The number of hydrogen-bond donors (Lipinski definition) is 6. The second kappa shape index (κ2) is 12.2. The third-order valence-corrected chi connectivity index (χ3v) is 5.24. The average molecular weight is 462 g/mol. The molecule has 2 aliphatic heterocycles. The van der Waals surface area contributed by atoms with Crippen LogP contribution in [0.5, 0.6) is 0 Å². The van der Waals surface area contributed by atoms with Crippen LogP contribution in [0.2, 0.25) is 0 Å². The first kappa shape index (κ1) is 26.8. The molecule has 0 bridgehead atoms. The number of esters is 1. The molecule has 11 nitrogen and oxygen atoms in total. The Balaban J connectivity index is 1.93. The number of carbonyl (C=O) groups is 1. The van der Waals surface area contributed by atoms with E-state index in [4.69, 9.17) is 18.9 Å². The molecule has 9 atom stereocenters. The van der Waals surface area contributed by atoms with Crippen LogP contribution in [0.4, 0.5) is 0 Å². The lowest BCUT2D eigenvalue weighted by molar-refractivity contribution is -0.314. The quantitative estimate of drug-likeness (QED) is 0.140. The molecule has 2 saturated heterocycles. The van der Waals surface area contributed by atoms with Gasteiger partial charge in [0.15, 0.2) is 6.29 Å². The molecular weight excluding hydrogens is 428 g/mol. The summed E-state index contributed by atoms with van der Waals surface area (Å²) in [6, 6.07) is 0. The van der Waals surface area contributed by atoms with Gasteiger partial charge in [0.1, 0.15) is 42.7 Å². The minimum Gasteiger partial charge on any atom is -0.430 e. The Labute approximate surface area is 186 Å². The van der Waals surface area contributed by atoms with Crippen LogP contribution in [0, 0.1) is 0 Å². The van der Waals surface area contributed by atoms with Gasteiger partial charge in [-0.25, -0.2) is 4.79 Å². The zero-order valence-electron chi connectivity index (χ0n) is 18.4. The Hall–Kier alpha value is -1.41. The van der Waals surface area contributed by atoms with E-state index >= 15 is 0 Å². The first-order valence-corrected chi connectivity index (χ1v) is 10.5. The fourth-order valence-electron chi connectivity index (χ4n) is 3.28. The first-order valence-electron chi connectivity index (χ1n) is 10.5. The highest BCUT2D eigenvalue weighted by Crippen LogP contribution is 2.24. The molecule has 0 spiro atoms. The van der Waals surface area contributed by atoms with Crippen LogP contribution in [0.25, 0.3) is 0 Å². The van der Waals surface area contributed by atoms with Crippen molar-refractivity contribution in [3.63, 3.8) is 0 Å². The molecule has 2 fully saturated rings. The minimum atomic E-state index is -1.70. The second-order valence-electron chi connectivity index (χ2n) is 8.35. The fraction of sp³-hybridized carbons (Fsp3) is 0.762. The van der Waals surface area contributed by atoms with Crippen molar-refractivity contribution in [3.8, 4) is 0 Å². The zero-order chi connectivity index (χ0) is 24.0. The average Bonchev–Trinajstić information content (AvgIpc) is 2.72. The van der Waals surface area contributed by atoms with Gasteiger partial charge in [-0.05, 0) is 33.6 Å². The molecule has 2 heterocycles. The van der Waals surface area contributed by atoms with E-state index in [9.17, 15) is 35.4 Å². The van der Waals surface area contributed by atoms with Gasteiger partial charge in [-0.3, -0.25) is 0 Å². The van der Waals surface area contributed by atoms with E-state index < -0.39 is 67.9 Å². The summed E-state index contributed by atoms with van der Waals surface area (Å²) in [4.78, 5) is 12.2. The molecule has 0 aliphatic carbocycles. The maximum atomic E-state index is 12.2. The number of aliphatic hydroxyl groups excluding tert-OH is 6. The normalized spacial score (nSPS) is 38.3. The maximum absolute atomic E-state index is 12.2. The molecule has 6 N–H and O–H groups in total. The first-order chi connectivity index (χ1) is 15.0. The molecule has 0 aromatic heterocycles. The van der Waals surface area contributed by atoms with Gasteiger partial charge in [-0.1, -0.05) is 17.2 Å². The van der Waals surface area contributed by atoms with Crippen LogP contribution in [0.15, 0.2) is 23.3 Å². The molecule has 0 aromatic carbocycles.